The van der Waals surface area contributed by atoms with E-state index in [4.69, 9.17) is 0 Å². The number of rotatable bonds is 5. The van der Waals surface area contributed by atoms with Gasteiger partial charge in [-0.05, 0) is 36.4 Å². The normalized spacial score (nSPS) is 18.8. The van der Waals surface area contributed by atoms with Gasteiger partial charge in [0.25, 0.3) is 5.03 Å². The summed E-state index contributed by atoms with van der Waals surface area (Å²) < 4.78 is 24.4. The maximum atomic E-state index is 12.8. The van der Waals surface area contributed by atoms with Gasteiger partial charge < -0.3 is 10.1 Å². The highest BCUT2D eigenvalue weighted by atomic mass is 32.2. The summed E-state index contributed by atoms with van der Waals surface area (Å²) in [6.07, 6.45) is 1.81. The van der Waals surface area contributed by atoms with E-state index in [2.05, 4.69) is 0 Å². The molecule has 1 aliphatic heterocycles. The minimum absolute atomic E-state index is 0.0226. The number of para-hydroxylation sites is 1. The molecule has 132 valence electrons. The van der Waals surface area contributed by atoms with Gasteiger partial charge >= 0.3 is 0 Å². The highest BCUT2D eigenvalue weighted by Crippen LogP contribution is 2.26. The fourth-order valence-electron chi connectivity index (χ4n) is 2.86. The Morgan fingerprint density at radius 2 is 1.92 bits per heavy atom. The Balaban J connectivity index is 1.79. The molecule has 0 aliphatic carbocycles. The number of amides is 1. The van der Waals surface area contributed by atoms with Crippen LogP contribution in [0.5, 0.6) is 0 Å². The van der Waals surface area contributed by atoms with E-state index in [1.807, 2.05) is 18.2 Å². The number of anilines is 1. The molecule has 0 bridgehead atoms. The van der Waals surface area contributed by atoms with Crippen LogP contribution < -0.4 is 9.63 Å². The molecule has 1 aromatic heterocycles. The second kappa shape index (κ2) is 7.45. The lowest BCUT2D eigenvalue weighted by molar-refractivity contribution is -0.645. The summed E-state index contributed by atoms with van der Waals surface area (Å²) in [5.41, 5.74) is 0.679. The molecule has 25 heavy (non-hydrogen) atoms. The van der Waals surface area contributed by atoms with E-state index in [-0.39, 0.29) is 29.2 Å². The molecule has 0 spiro atoms. The van der Waals surface area contributed by atoms with Gasteiger partial charge in [-0.15, -0.1) is 0 Å². The molecule has 0 unspecified atom stereocenters. The van der Waals surface area contributed by atoms with E-state index in [9.17, 15) is 18.4 Å². The van der Waals surface area contributed by atoms with Crippen LogP contribution in [-0.2, 0) is 14.6 Å². The van der Waals surface area contributed by atoms with Crippen LogP contribution in [0.25, 0.3) is 0 Å². The van der Waals surface area contributed by atoms with Crippen LogP contribution in [0.15, 0.2) is 59.8 Å². The second-order valence-corrected chi connectivity index (χ2v) is 9.03. The van der Waals surface area contributed by atoms with Crippen molar-refractivity contribution < 1.29 is 17.9 Å². The zero-order valence-electron chi connectivity index (χ0n) is 13.4. The van der Waals surface area contributed by atoms with Crippen LogP contribution in [0.3, 0.4) is 0 Å². The smallest absolute Gasteiger partial charge is 0.251 e. The van der Waals surface area contributed by atoms with Gasteiger partial charge in [0.05, 0.1) is 23.3 Å². The molecular formula is C17H18N2O4S2. The van der Waals surface area contributed by atoms with E-state index in [1.54, 1.807) is 35.2 Å². The van der Waals surface area contributed by atoms with Crippen molar-refractivity contribution in [2.75, 3.05) is 22.2 Å². The largest absolute Gasteiger partial charge is 0.618 e. The number of aromatic nitrogens is 1. The first-order chi connectivity index (χ1) is 12.0. The van der Waals surface area contributed by atoms with Crippen molar-refractivity contribution in [3.8, 4) is 0 Å². The summed E-state index contributed by atoms with van der Waals surface area (Å²) in [6, 6.07) is 13.7. The van der Waals surface area contributed by atoms with Gasteiger partial charge in [0, 0.05) is 17.8 Å². The van der Waals surface area contributed by atoms with Crippen molar-refractivity contribution in [3.05, 3.63) is 59.9 Å². The molecule has 0 N–H and O–H groups in total. The molecular weight excluding hydrogens is 360 g/mol. The standard InChI is InChI=1S/C17H18N2O4S2/c20-16(12-24-17-8-4-5-10-18(17)21)19(14-6-2-1-3-7-14)15-9-11-25(22,23)13-15/h1-8,10,15H,9,11-13H2/t15-/m0/s1. The van der Waals surface area contributed by atoms with Crippen LogP contribution in [0.2, 0.25) is 0 Å². The zero-order chi connectivity index (χ0) is 17.9. The average molecular weight is 378 g/mol. The lowest BCUT2D eigenvalue weighted by atomic mass is 10.2. The number of thioether (sulfide) groups is 1. The Hall–Kier alpha value is -2.06. The molecule has 6 nitrogen and oxygen atoms in total. The van der Waals surface area contributed by atoms with Crippen LogP contribution in [0.4, 0.5) is 5.69 Å². The van der Waals surface area contributed by atoms with Crippen LogP contribution in [-0.4, -0.2) is 37.6 Å². The topological polar surface area (TPSA) is 81.4 Å². The highest BCUT2D eigenvalue weighted by molar-refractivity contribution is 7.99. The van der Waals surface area contributed by atoms with E-state index < -0.39 is 9.84 Å². The maximum Gasteiger partial charge on any atom is 0.251 e. The predicted molar refractivity (Wildman–Crippen MR) is 97.1 cm³/mol. The second-order valence-electron chi connectivity index (χ2n) is 5.81. The summed E-state index contributed by atoms with van der Waals surface area (Å²) in [4.78, 5) is 14.4. The number of carbonyl (C=O) groups is 1. The molecule has 3 rings (SSSR count). The van der Waals surface area contributed by atoms with E-state index in [0.717, 1.165) is 11.8 Å². The van der Waals surface area contributed by atoms with Crippen molar-refractivity contribution in [1.29, 1.82) is 0 Å². The summed E-state index contributed by atoms with van der Waals surface area (Å²) in [5.74, 6) is -0.0639. The number of pyridine rings is 1. The fraction of sp³-hybridized carbons (Fsp3) is 0.294. The minimum atomic E-state index is -3.11. The number of hydrogen-bond donors (Lipinski definition) is 0. The first-order valence-corrected chi connectivity index (χ1v) is 10.7. The highest BCUT2D eigenvalue weighted by Gasteiger charge is 2.35. The molecule has 1 aliphatic rings. The van der Waals surface area contributed by atoms with Gasteiger partial charge in [-0.3, -0.25) is 4.79 Å². The van der Waals surface area contributed by atoms with E-state index in [0.29, 0.717) is 21.9 Å². The first-order valence-electron chi connectivity index (χ1n) is 7.85. The van der Waals surface area contributed by atoms with E-state index >= 15 is 0 Å². The quantitative estimate of drug-likeness (QED) is 0.449. The molecule has 1 amide bonds. The Labute approximate surface area is 151 Å². The lowest BCUT2D eigenvalue weighted by Crippen LogP contribution is -2.42. The van der Waals surface area contributed by atoms with E-state index in [1.165, 1.54) is 6.20 Å². The average Bonchev–Trinajstić information content (AvgIpc) is 2.95. The monoisotopic (exact) mass is 378 g/mol. The maximum absolute atomic E-state index is 12.8. The van der Waals surface area contributed by atoms with Crippen molar-refractivity contribution >= 4 is 33.2 Å². The molecule has 0 radical (unpaired) electrons. The van der Waals surface area contributed by atoms with Gasteiger partial charge in [-0.2, -0.15) is 4.73 Å². The number of nitrogens with zero attached hydrogens (tertiary/aromatic N) is 2. The third kappa shape index (κ3) is 4.32. The predicted octanol–water partition coefficient (Wildman–Crippen LogP) is 1.63. The molecule has 1 saturated heterocycles. The van der Waals surface area contributed by atoms with Crippen LogP contribution in [0, 0.1) is 5.21 Å². The third-order valence-electron chi connectivity index (χ3n) is 4.01. The fourth-order valence-corrected chi connectivity index (χ4v) is 5.33. The minimum Gasteiger partial charge on any atom is -0.618 e. The van der Waals surface area contributed by atoms with Gasteiger partial charge in [0.2, 0.25) is 5.91 Å². The molecule has 8 heteroatoms. The van der Waals surface area contributed by atoms with Crippen molar-refractivity contribution in [1.82, 2.24) is 0 Å². The summed E-state index contributed by atoms with van der Waals surface area (Å²) in [6.45, 7) is 0. The van der Waals surface area contributed by atoms with Gasteiger partial charge in [-0.25, -0.2) is 8.42 Å². The number of hydrogen-bond acceptors (Lipinski definition) is 5. The molecule has 2 aromatic rings. The summed E-state index contributed by atoms with van der Waals surface area (Å²) in [5, 5.41) is 12.1. The molecule has 1 aromatic carbocycles. The molecule has 1 atom stereocenters. The molecule has 0 saturated carbocycles. The third-order valence-corrected chi connectivity index (χ3v) is 6.76. The Morgan fingerprint density at radius 3 is 2.56 bits per heavy atom. The van der Waals surface area contributed by atoms with Gasteiger partial charge in [-0.1, -0.05) is 18.2 Å². The summed E-state index contributed by atoms with van der Waals surface area (Å²) in [7, 11) is -3.11. The van der Waals surface area contributed by atoms with Crippen molar-refractivity contribution in [2.45, 2.75) is 17.5 Å². The number of sulfone groups is 1. The lowest BCUT2D eigenvalue weighted by Gasteiger charge is -2.28. The SMILES string of the molecule is O=C(CSc1cccc[n+]1[O-])N(c1ccccc1)[C@H]1CCS(=O)(=O)C1. The summed E-state index contributed by atoms with van der Waals surface area (Å²) >= 11 is 1.15. The van der Waals surface area contributed by atoms with Crippen LogP contribution in [0.1, 0.15) is 6.42 Å². The Kier molecular flexibility index (Phi) is 5.29. The first kappa shape index (κ1) is 17.8. The Morgan fingerprint density at radius 1 is 1.20 bits per heavy atom. The van der Waals surface area contributed by atoms with Gasteiger partial charge in [0.1, 0.15) is 0 Å². The van der Waals surface area contributed by atoms with Crippen molar-refractivity contribution in [2.24, 2.45) is 0 Å². The number of benzene rings is 1. The van der Waals surface area contributed by atoms with Crippen molar-refractivity contribution in [3.63, 3.8) is 0 Å². The zero-order valence-corrected chi connectivity index (χ0v) is 15.1. The molecule has 1 fully saturated rings. The Bertz CT molecular complexity index is 856. The number of carbonyl (C=O) groups excluding carboxylic acids is 1. The van der Waals surface area contributed by atoms with Gasteiger partial charge in [0.15, 0.2) is 16.0 Å². The van der Waals surface area contributed by atoms with Crippen LogP contribution >= 0.6 is 11.8 Å². The molecule has 2 heterocycles.